The lowest BCUT2D eigenvalue weighted by Gasteiger charge is -2.16. The molecule has 0 saturated carbocycles. The molecule has 0 spiro atoms. The molecule has 0 saturated heterocycles. The van der Waals surface area contributed by atoms with E-state index in [1.165, 1.54) is 87.5 Å². The Bertz CT molecular complexity index is 2390. The Kier molecular flexibility index (Phi) is 4.67. The van der Waals surface area contributed by atoms with E-state index in [-0.39, 0.29) is 0 Å². The van der Waals surface area contributed by atoms with Crippen LogP contribution in [0.3, 0.4) is 0 Å². The van der Waals surface area contributed by atoms with E-state index in [4.69, 9.17) is 0 Å². The zero-order valence-corrected chi connectivity index (χ0v) is 22.4. The van der Waals surface area contributed by atoms with Crippen LogP contribution in [0.1, 0.15) is 0 Å². The minimum absolute atomic E-state index is 1.18. The Morgan fingerprint density at radius 2 is 0.854 bits per heavy atom. The molecule has 0 atom stereocenters. The fourth-order valence-electron chi connectivity index (χ4n) is 6.87. The van der Waals surface area contributed by atoms with Crippen molar-refractivity contribution in [1.82, 2.24) is 4.98 Å². The van der Waals surface area contributed by atoms with E-state index in [1.54, 1.807) is 0 Å². The van der Waals surface area contributed by atoms with Gasteiger partial charge in [-0.3, -0.25) is 0 Å². The maximum Gasteiger partial charge on any atom is 0.0544 e. The minimum atomic E-state index is 1.18. The molecule has 8 aromatic carbocycles. The van der Waals surface area contributed by atoms with E-state index in [0.29, 0.717) is 0 Å². The van der Waals surface area contributed by atoms with Gasteiger partial charge >= 0.3 is 0 Å². The molecule has 0 unspecified atom stereocenters. The molecule has 1 N–H and O–H groups in total. The summed E-state index contributed by atoms with van der Waals surface area (Å²) in [4.78, 5) is 3.66. The number of benzene rings is 8. The van der Waals surface area contributed by atoms with Crippen molar-refractivity contribution in [2.45, 2.75) is 0 Å². The summed E-state index contributed by atoms with van der Waals surface area (Å²) in [5, 5.41) is 10.4. The Morgan fingerprint density at radius 3 is 1.54 bits per heavy atom. The van der Waals surface area contributed by atoms with Crippen molar-refractivity contribution in [3.05, 3.63) is 146 Å². The summed E-state index contributed by atoms with van der Waals surface area (Å²) in [6.07, 6.45) is 0. The second-order valence-corrected chi connectivity index (χ2v) is 11.0. The highest BCUT2D eigenvalue weighted by Crippen LogP contribution is 2.42. The second-order valence-electron chi connectivity index (χ2n) is 11.0. The molecule has 9 aromatic rings. The number of H-pyrrole nitrogens is 1. The maximum absolute atomic E-state index is 3.66. The highest BCUT2D eigenvalue weighted by molar-refractivity contribution is 6.27. The Balaban J connectivity index is 1.21. The van der Waals surface area contributed by atoms with Gasteiger partial charge in [0.05, 0.1) is 5.52 Å². The summed E-state index contributed by atoms with van der Waals surface area (Å²) >= 11 is 0. The Hall–Kier alpha value is -5.40. The second kappa shape index (κ2) is 8.55. The zero-order chi connectivity index (χ0) is 26.9. The van der Waals surface area contributed by atoms with Gasteiger partial charge in [0, 0.05) is 21.9 Å². The third-order valence-corrected chi connectivity index (χ3v) is 8.80. The van der Waals surface area contributed by atoms with Crippen LogP contribution >= 0.6 is 0 Å². The van der Waals surface area contributed by atoms with Gasteiger partial charge in [0.15, 0.2) is 0 Å². The number of para-hydroxylation sites is 2. The lowest BCUT2D eigenvalue weighted by Crippen LogP contribution is -1.89. The standard InChI is InChI=1S/C40H25N/c1-2-7-25(8-3-1)30-21-17-28-20-24-35-31(22-18-29-19-23-34(30)38(28)39(29)35)26-13-15-27(16-14-26)32-10-6-11-36-33-9-4-5-12-37(33)41-40(32)36/h1-24,41H. The van der Waals surface area contributed by atoms with Crippen LogP contribution in [-0.2, 0) is 0 Å². The van der Waals surface area contributed by atoms with Crippen LogP contribution in [0.25, 0.3) is 87.5 Å². The lowest BCUT2D eigenvalue weighted by molar-refractivity contribution is 1.53. The first-order chi connectivity index (χ1) is 20.3. The molecule has 0 fully saturated rings. The van der Waals surface area contributed by atoms with E-state index < -0.39 is 0 Å². The molecule has 1 heterocycles. The fourth-order valence-corrected chi connectivity index (χ4v) is 6.87. The van der Waals surface area contributed by atoms with E-state index in [1.807, 2.05) is 0 Å². The molecule has 0 aliphatic carbocycles. The SMILES string of the molecule is c1ccc(-c2ccc3ccc4c(-c5ccc(-c6cccc7c6[nH]c6ccccc67)cc5)ccc5ccc2c3c54)cc1. The summed E-state index contributed by atoms with van der Waals surface area (Å²) < 4.78 is 0. The Labute approximate surface area is 237 Å². The summed E-state index contributed by atoms with van der Waals surface area (Å²) in [6.45, 7) is 0. The number of hydrogen-bond donors (Lipinski definition) is 1. The molecular formula is C40H25N. The van der Waals surface area contributed by atoms with E-state index in [0.717, 1.165) is 0 Å². The van der Waals surface area contributed by atoms with Gasteiger partial charge in [-0.1, -0.05) is 140 Å². The van der Waals surface area contributed by atoms with Crippen molar-refractivity contribution >= 4 is 54.1 Å². The van der Waals surface area contributed by atoms with Crippen molar-refractivity contribution in [3.63, 3.8) is 0 Å². The third kappa shape index (κ3) is 3.30. The van der Waals surface area contributed by atoms with Crippen molar-refractivity contribution < 1.29 is 0 Å². The largest absolute Gasteiger partial charge is 0.354 e. The van der Waals surface area contributed by atoms with Gasteiger partial charge in [-0.25, -0.2) is 0 Å². The quantitative estimate of drug-likeness (QED) is 0.223. The molecule has 41 heavy (non-hydrogen) atoms. The molecule has 1 aromatic heterocycles. The molecule has 0 aliphatic heterocycles. The monoisotopic (exact) mass is 519 g/mol. The van der Waals surface area contributed by atoms with Crippen LogP contribution in [-0.4, -0.2) is 4.98 Å². The minimum Gasteiger partial charge on any atom is -0.354 e. The maximum atomic E-state index is 3.66. The first kappa shape index (κ1) is 22.4. The molecule has 9 rings (SSSR count). The fraction of sp³-hybridized carbons (Fsp3) is 0. The van der Waals surface area contributed by atoms with Gasteiger partial charge in [-0.2, -0.15) is 0 Å². The summed E-state index contributed by atoms with van der Waals surface area (Å²) in [5.41, 5.74) is 9.87. The third-order valence-electron chi connectivity index (χ3n) is 8.80. The highest BCUT2D eigenvalue weighted by atomic mass is 14.7. The van der Waals surface area contributed by atoms with Gasteiger partial charge in [0.1, 0.15) is 0 Å². The van der Waals surface area contributed by atoms with Gasteiger partial charge in [-0.05, 0) is 66.2 Å². The summed E-state index contributed by atoms with van der Waals surface area (Å²) in [6, 6.07) is 53.2. The smallest absolute Gasteiger partial charge is 0.0544 e. The normalized spacial score (nSPS) is 11.9. The number of aromatic amines is 1. The van der Waals surface area contributed by atoms with Gasteiger partial charge in [-0.15, -0.1) is 0 Å². The van der Waals surface area contributed by atoms with Crippen LogP contribution < -0.4 is 0 Å². The van der Waals surface area contributed by atoms with E-state index in [2.05, 4.69) is 151 Å². The molecule has 1 heteroatoms. The molecule has 190 valence electrons. The molecule has 0 radical (unpaired) electrons. The summed E-state index contributed by atoms with van der Waals surface area (Å²) in [5.74, 6) is 0. The van der Waals surface area contributed by atoms with E-state index in [9.17, 15) is 0 Å². The summed E-state index contributed by atoms with van der Waals surface area (Å²) in [7, 11) is 0. The number of hydrogen-bond acceptors (Lipinski definition) is 0. The van der Waals surface area contributed by atoms with Crippen LogP contribution in [0.5, 0.6) is 0 Å². The van der Waals surface area contributed by atoms with Crippen LogP contribution in [0, 0.1) is 0 Å². The molecule has 0 aliphatic rings. The van der Waals surface area contributed by atoms with Crippen LogP contribution in [0.4, 0.5) is 0 Å². The predicted molar refractivity (Wildman–Crippen MR) is 176 cm³/mol. The number of fused-ring (bicyclic) bond motifs is 3. The number of nitrogens with one attached hydrogen (secondary N) is 1. The van der Waals surface area contributed by atoms with E-state index >= 15 is 0 Å². The molecule has 0 amide bonds. The number of rotatable bonds is 3. The molecule has 0 bridgehead atoms. The first-order valence-corrected chi connectivity index (χ1v) is 14.2. The zero-order valence-electron chi connectivity index (χ0n) is 22.4. The predicted octanol–water partition coefficient (Wildman–Crippen LogP) is 11.2. The van der Waals surface area contributed by atoms with Gasteiger partial charge in [0.2, 0.25) is 0 Å². The van der Waals surface area contributed by atoms with Crippen molar-refractivity contribution in [2.75, 3.05) is 0 Å². The van der Waals surface area contributed by atoms with Gasteiger partial charge < -0.3 is 4.98 Å². The number of aromatic nitrogens is 1. The average Bonchev–Trinajstić information content (AvgIpc) is 3.43. The van der Waals surface area contributed by atoms with Crippen molar-refractivity contribution in [2.24, 2.45) is 0 Å². The van der Waals surface area contributed by atoms with Gasteiger partial charge in [0.25, 0.3) is 0 Å². The topological polar surface area (TPSA) is 15.8 Å². The lowest BCUT2D eigenvalue weighted by atomic mass is 9.87. The van der Waals surface area contributed by atoms with Crippen molar-refractivity contribution in [3.8, 4) is 33.4 Å². The van der Waals surface area contributed by atoms with Crippen LogP contribution in [0.2, 0.25) is 0 Å². The first-order valence-electron chi connectivity index (χ1n) is 14.2. The molecular weight excluding hydrogens is 494 g/mol. The Morgan fingerprint density at radius 1 is 0.317 bits per heavy atom. The molecule has 1 nitrogen and oxygen atoms in total. The van der Waals surface area contributed by atoms with Crippen molar-refractivity contribution in [1.29, 1.82) is 0 Å². The average molecular weight is 520 g/mol. The van der Waals surface area contributed by atoms with Crippen LogP contribution in [0.15, 0.2) is 146 Å². The highest BCUT2D eigenvalue weighted by Gasteiger charge is 2.15.